The smallest absolute Gasteiger partial charge is 0.226 e. The molecule has 6 heteroatoms. The molecule has 0 aromatic carbocycles. The van der Waals surface area contributed by atoms with Gasteiger partial charge in [0.05, 0.1) is 13.2 Å². The van der Waals surface area contributed by atoms with Crippen molar-refractivity contribution >= 4 is 17.3 Å². The van der Waals surface area contributed by atoms with Crippen LogP contribution in [0.25, 0.3) is 0 Å². The second kappa shape index (κ2) is 5.77. The van der Waals surface area contributed by atoms with E-state index < -0.39 is 0 Å². The van der Waals surface area contributed by atoms with Gasteiger partial charge in [-0.3, -0.25) is 0 Å². The molecule has 0 fully saturated rings. The molecule has 2 aromatic heterocycles. The van der Waals surface area contributed by atoms with Gasteiger partial charge in [0, 0.05) is 22.8 Å². The molecule has 0 amide bonds. The highest BCUT2D eigenvalue weighted by Crippen LogP contribution is 2.14. The van der Waals surface area contributed by atoms with E-state index >= 15 is 0 Å². The van der Waals surface area contributed by atoms with E-state index in [2.05, 4.69) is 20.3 Å². The summed E-state index contributed by atoms with van der Waals surface area (Å²) in [7, 11) is 0. The molecule has 0 unspecified atom stereocenters. The molecule has 5 nitrogen and oxygen atoms in total. The Balaban J connectivity index is 2.04. The number of rotatable bonds is 5. The van der Waals surface area contributed by atoms with E-state index in [9.17, 15) is 0 Å². The Morgan fingerprint density at radius 3 is 2.72 bits per heavy atom. The molecule has 0 spiro atoms. The third-order valence-electron chi connectivity index (χ3n) is 2.19. The number of nitrogens with one attached hydrogen (secondary N) is 1. The molecule has 0 saturated carbocycles. The van der Waals surface area contributed by atoms with Crippen molar-refractivity contribution in [1.82, 2.24) is 15.0 Å². The minimum atomic E-state index is 0.575. The second-order valence-corrected chi connectivity index (χ2v) is 4.78. The predicted molar refractivity (Wildman–Crippen MR) is 72.1 cm³/mol. The van der Waals surface area contributed by atoms with Crippen molar-refractivity contribution in [1.29, 1.82) is 0 Å². The number of aryl methyl sites for hydroxylation is 2. The van der Waals surface area contributed by atoms with Crippen LogP contribution < -0.4 is 10.1 Å². The average molecular weight is 264 g/mol. The van der Waals surface area contributed by atoms with Gasteiger partial charge in [-0.15, -0.1) is 11.3 Å². The molecule has 2 rings (SSSR count). The Morgan fingerprint density at radius 1 is 1.22 bits per heavy atom. The van der Waals surface area contributed by atoms with E-state index in [1.807, 2.05) is 32.2 Å². The van der Waals surface area contributed by atoms with E-state index in [1.54, 1.807) is 11.3 Å². The van der Waals surface area contributed by atoms with E-state index in [-0.39, 0.29) is 0 Å². The fourth-order valence-electron chi connectivity index (χ4n) is 1.48. The van der Waals surface area contributed by atoms with Crippen molar-refractivity contribution < 1.29 is 4.74 Å². The molecule has 0 saturated heterocycles. The Kier molecular flexibility index (Phi) is 4.09. The summed E-state index contributed by atoms with van der Waals surface area (Å²) >= 11 is 1.63. The predicted octanol–water partition coefficient (Wildman–Crippen LogP) is 2.56. The van der Waals surface area contributed by atoms with Crippen LogP contribution in [0.3, 0.4) is 0 Å². The molecule has 0 aliphatic rings. The lowest BCUT2D eigenvalue weighted by Crippen LogP contribution is -2.06. The first-order valence-electron chi connectivity index (χ1n) is 5.80. The Morgan fingerprint density at radius 2 is 2.06 bits per heavy atom. The molecule has 2 heterocycles. The quantitative estimate of drug-likeness (QED) is 0.899. The van der Waals surface area contributed by atoms with Gasteiger partial charge in [-0.2, -0.15) is 4.98 Å². The van der Waals surface area contributed by atoms with Crippen molar-refractivity contribution in [2.75, 3.05) is 11.9 Å². The SMILES string of the molecule is CCOc1cc(C)nc(NCc2nc(C)cs2)n1. The summed E-state index contributed by atoms with van der Waals surface area (Å²) in [4.78, 5) is 13.0. The number of ether oxygens (including phenoxy) is 1. The lowest BCUT2D eigenvalue weighted by Gasteiger charge is -2.07. The van der Waals surface area contributed by atoms with Crippen LogP contribution >= 0.6 is 11.3 Å². The van der Waals surface area contributed by atoms with Gasteiger partial charge in [-0.05, 0) is 20.8 Å². The number of anilines is 1. The highest BCUT2D eigenvalue weighted by molar-refractivity contribution is 7.09. The third kappa shape index (κ3) is 3.40. The number of nitrogens with zero attached hydrogens (tertiary/aromatic N) is 3. The Hall–Kier alpha value is -1.69. The topological polar surface area (TPSA) is 59.9 Å². The molecule has 0 radical (unpaired) electrons. The summed E-state index contributed by atoms with van der Waals surface area (Å²) < 4.78 is 5.38. The number of thiazole rings is 1. The van der Waals surface area contributed by atoms with Crippen LogP contribution in [-0.2, 0) is 6.54 Å². The molecule has 0 bridgehead atoms. The molecule has 2 aromatic rings. The zero-order valence-corrected chi connectivity index (χ0v) is 11.5. The van der Waals surface area contributed by atoms with Gasteiger partial charge in [-0.25, -0.2) is 9.97 Å². The number of hydrogen-bond donors (Lipinski definition) is 1. The van der Waals surface area contributed by atoms with E-state index in [4.69, 9.17) is 4.74 Å². The van der Waals surface area contributed by atoms with Crippen LogP contribution in [0.2, 0.25) is 0 Å². The van der Waals surface area contributed by atoms with Crippen molar-refractivity contribution in [3.05, 3.63) is 27.8 Å². The van der Waals surface area contributed by atoms with E-state index in [1.165, 1.54) is 0 Å². The Labute approximate surface area is 110 Å². The fourth-order valence-corrected chi connectivity index (χ4v) is 2.19. The maximum Gasteiger partial charge on any atom is 0.226 e. The van der Waals surface area contributed by atoms with Gasteiger partial charge in [0.2, 0.25) is 11.8 Å². The fraction of sp³-hybridized carbons (Fsp3) is 0.417. The van der Waals surface area contributed by atoms with Crippen molar-refractivity contribution in [3.8, 4) is 5.88 Å². The summed E-state index contributed by atoms with van der Waals surface area (Å²) in [5.41, 5.74) is 1.92. The number of hydrogen-bond acceptors (Lipinski definition) is 6. The maximum atomic E-state index is 5.38. The van der Waals surface area contributed by atoms with Crippen LogP contribution in [0.15, 0.2) is 11.4 Å². The molecule has 0 aliphatic carbocycles. The van der Waals surface area contributed by atoms with Gasteiger partial charge in [0.25, 0.3) is 0 Å². The standard InChI is InChI=1S/C12H16N4OS/c1-4-17-10-5-8(2)15-12(16-10)13-6-11-14-9(3)7-18-11/h5,7H,4,6H2,1-3H3,(H,13,15,16). The minimum absolute atomic E-state index is 0.575. The average Bonchev–Trinajstić information content (AvgIpc) is 2.72. The molecule has 1 N–H and O–H groups in total. The van der Waals surface area contributed by atoms with Gasteiger partial charge in [0.15, 0.2) is 0 Å². The first-order valence-corrected chi connectivity index (χ1v) is 6.68. The van der Waals surface area contributed by atoms with E-state index in [0.29, 0.717) is 25.0 Å². The number of aromatic nitrogens is 3. The summed E-state index contributed by atoms with van der Waals surface area (Å²) in [6.45, 7) is 7.07. The normalized spacial score (nSPS) is 10.4. The van der Waals surface area contributed by atoms with Crippen LogP contribution in [0.4, 0.5) is 5.95 Å². The molecule has 0 atom stereocenters. The Bertz CT molecular complexity index is 527. The largest absolute Gasteiger partial charge is 0.478 e. The molecule has 96 valence electrons. The zero-order chi connectivity index (χ0) is 13.0. The van der Waals surface area contributed by atoms with Crippen LogP contribution in [-0.4, -0.2) is 21.6 Å². The molecular weight excluding hydrogens is 248 g/mol. The van der Waals surface area contributed by atoms with Crippen molar-refractivity contribution in [2.45, 2.75) is 27.3 Å². The second-order valence-electron chi connectivity index (χ2n) is 3.84. The summed E-state index contributed by atoms with van der Waals surface area (Å²) in [6.07, 6.45) is 0. The van der Waals surface area contributed by atoms with Gasteiger partial charge < -0.3 is 10.1 Å². The lowest BCUT2D eigenvalue weighted by atomic mass is 10.4. The first-order chi connectivity index (χ1) is 8.67. The maximum absolute atomic E-state index is 5.38. The van der Waals surface area contributed by atoms with E-state index in [0.717, 1.165) is 16.4 Å². The lowest BCUT2D eigenvalue weighted by molar-refractivity contribution is 0.326. The summed E-state index contributed by atoms with van der Waals surface area (Å²) in [5.74, 6) is 1.18. The highest BCUT2D eigenvalue weighted by atomic mass is 32.1. The molecule has 18 heavy (non-hydrogen) atoms. The van der Waals surface area contributed by atoms with Gasteiger partial charge in [0.1, 0.15) is 5.01 Å². The molecular formula is C12H16N4OS. The van der Waals surface area contributed by atoms with Crippen molar-refractivity contribution in [3.63, 3.8) is 0 Å². The van der Waals surface area contributed by atoms with Crippen LogP contribution in [0.5, 0.6) is 5.88 Å². The minimum Gasteiger partial charge on any atom is -0.478 e. The molecule has 0 aliphatic heterocycles. The van der Waals surface area contributed by atoms with Crippen molar-refractivity contribution in [2.24, 2.45) is 0 Å². The summed E-state index contributed by atoms with van der Waals surface area (Å²) in [5, 5.41) is 6.21. The summed E-state index contributed by atoms with van der Waals surface area (Å²) in [6, 6.07) is 1.82. The zero-order valence-electron chi connectivity index (χ0n) is 10.7. The highest BCUT2D eigenvalue weighted by Gasteiger charge is 2.04. The van der Waals surface area contributed by atoms with Crippen LogP contribution in [0.1, 0.15) is 23.3 Å². The van der Waals surface area contributed by atoms with Gasteiger partial charge in [-0.1, -0.05) is 0 Å². The van der Waals surface area contributed by atoms with Gasteiger partial charge >= 0.3 is 0 Å². The first kappa shape index (κ1) is 12.8. The monoisotopic (exact) mass is 264 g/mol. The third-order valence-corrected chi connectivity index (χ3v) is 3.15. The van der Waals surface area contributed by atoms with Crippen LogP contribution in [0, 0.1) is 13.8 Å².